The molecule has 10 heteroatoms. The van der Waals surface area contributed by atoms with Gasteiger partial charge in [-0.1, -0.05) is 6.07 Å². The molecule has 2 heterocycles. The fraction of sp³-hybridized carbons (Fsp3) is 0.212. The number of fused-ring (bicyclic) bond motifs is 8. The Hall–Kier alpha value is -5.38. The zero-order valence-corrected chi connectivity index (χ0v) is 23.9. The number of hydrogen-bond donors (Lipinski definition) is 0. The van der Waals surface area contributed by atoms with Gasteiger partial charge in [0.2, 0.25) is 0 Å². The van der Waals surface area contributed by atoms with Crippen molar-refractivity contribution in [3.05, 3.63) is 94.5 Å². The third kappa shape index (κ3) is 4.70. The molecule has 1 spiro atoms. The average Bonchev–Trinajstić information content (AvgIpc) is 3.26. The highest BCUT2D eigenvalue weighted by Crippen LogP contribution is 2.58. The summed E-state index contributed by atoms with van der Waals surface area (Å²) in [6, 6.07) is 19.1. The quantitative estimate of drug-likeness (QED) is 0.131. The van der Waals surface area contributed by atoms with E-state index in [1.807, 2.05) is 49.3 Å². The van der Waals surface area contributed by atoms with Crippen LogP contribution in [-0.4, -0.2) is 51.2 Å². The van der Waals surface area contributed by atoms with Crippen molar-refractivity contribution in [3.8, 4) is 17.2 Å². The average molecular weight is 582 g/mol. The van der Waals surface area contributed by atoms with E-state index >= 15 is 0 Å². The first-order chi connectivity index (χ1) is 20.6. The van der Waals surface area contributed by atoms with Gasteiger partial charge in [0.1, 0.15) is 30.5 Å². The van der Waals surface area contributed by atoms with Gasteiger partial charge in [0.05, 0.1) is 11.1 Å². The molecular formula is C33H27NO9. The molecule has 0 aromatic heterocycles. The van der Waals surface area contributed by atoms with E-state index in [-0.39, 0.29) is 18.8 Å². The minimum atomic E-state index is -1.43. The maximum absolute atomic E-state index is 13.4. The molecule has 0 N–H and O–H groups in total. The Kier molecular flexibility index (Phi) is 6.76. The number of hydrogen-bond acceptors (Lipinski definition) is 10. The van der Waals surface area contributed by atoms with Gasteiger partial charge in [-0.05, 0) is 60.0 Å². The smallest absolute Gasteiger partial charge is 0.340 e. The third-order valence-corrected chi connectivity index (χ3v) is 7.38. The normalized spacial score (nSPS) is 16.0. The zero-order valence-electron chi connectivity index (χ0n) is 23.9. The Balaban J connectivity index is 1.53. The molecule has 4 aromatic carbocycles. The largest absolute Gasteiger partial charge is 0.462 e. The van der Waals surface area contributed by atoms with E-state index in [1.165, 1.54) is 19.9 Å². The Labute approximate surface area is 246 Å². The second kappa shape index (κ2) is 10.5. The molecule has 1 atom stereocenters. The Bertz CT molecular complexity index is 1840. The Morgan fingerprint density at radius 3 is 2.33 bits per heavy atom. The predicted octanol–water partition coefficient (Wildman–Crippen LogP) is 5.12. The fourth-order valence-corrected chi connectivity index (χ4v) is 5.51. The number of carbonyl (C=O) groups excluding carboxylic acids is 4. The van der Waals surface area contributed by atoms with Crippen LogP contribution in [0.15, 0.2) is 66.7 Å². The SMILES string of the molecule is CC(=O)OCCOC(=O)c1ccc2c(c1)C1(OC2=O)c2ccc(N(C)C)cc2Oc2c1ccc1cc(OC(C)=O)ccc21. The van der Waals surface area contributed by atoms with E-state index in [1.54, 1.807) is 30.3 Å². The van der Waals surface area contributed by atoms with Crippen LogP contribution in [0.4, 0.5) is 5.69 Å². The fourth-order valence-electron chi connectivity index (χ4n) is 5.51. The van der Waals surface area contributed by atoms with Gasteiger partial charge in [-0.2, -0.15) is 0 Å². The molecule has 6 rings (SSSR count). The summed E-state index contributed by atoms with van der Waals surface area (Å²) in [5, 5.41) is 1.45. The lowest BCUT2D eigenvalue weighted by atomic mass is 9.76. The van der Waals surface area contributed by atoms with Gasteiger partial charge < -0.3 is 28.6 Å². The second-order valence-corrected chi connectivity index (χ2v) is 10.4. The van der Waals surface area contributed by atoms with Crippen LogP contribution in [0.1, 0.15) is 51.3 Å². The minimum Gasteiger partial charge on any atom is -0.462 e. The zero-order chi connectivity index (χ0) is 30.5. The van der Waals surface area contributed by atoms with Gasteiger partial charge in [-0.25, -0.2) is 9.59 Å². The first-order valence-electron chi connectivity index (χ1n) is 13.5. The Morgan fingerprint density at radius 1 is 0.814 bits per heavy atom. The molecule has 10 nitrogen and oxygen atoms in total. The van der Waals surface area contributed by atoms with Crippen molar-refractivity contribution in [1.82, 2.24) is 0 Å². The summed E-state index contributed by atoms with van der Waals surface area (Å²) >= 11 is 0. The van der Waals surface area contributed by atoms with E-state index < -0.39 is 29.5 Å². The van der Waals surface area contributed by atoms with Gasteiger partial charge in [0, 0.05) is 61.8 Å². The molecule has 2 aliphatic rings. The van der Waals surface area contributed by atoms with Crippen molar-refractivity contribution >= 4 is 40.3 Å². The lowest BCUT2D eigenvalue weighted by molar-refractivity contribution is -0.142. The maximum atomic E-state index is 13.4. The molecule has 2 aliphatic heterocycles. The van der Waals surface area contributed by atoms with Gasteiger partial charge in [0.15, 0.2) is 5.60 Å². The van der Waals surface area contributed by atoms with Gasteiger partial charge in [-0.15, -0.1) is 0 Å². The van der Waals surface area contributed by atoms with Crippen molar-refractivity contribution in [2.45, 2.75) is 19.4 Å². The molecule has 0 bridgehead atoms. The van der Waals surface area contributed by atoms with Crippen molar-refractivity contribution in [2.75, 3.05) is 32.2 Å². The molecule has 4 aromatic rings. The van der Waals surface area contributed by atoms with Gasteiger partial charge in [0.25, 0.3) is 0 Å². The van der Waals surface area contributed by atoms with Crippen molar-refractivity contribution < 1.29 is 42.9 Å². The first-order valence-corrected chi connectivity index (χ1v) is 13.5. The topological polar surface area (TPSA) is 118 Å². The van der Waals surface area contributed by atoms with Crippen LogP contribution in [0.2, 0.25) is 0 Å². The number of esters is 4. The summed E-state index contributed by atoms with van der Waals surface area (Å²) in [6.07, 6.45) is 0. The van der Waals surface area contributed by atoms with E-state index in [2.05, 4.69) is 0 Å². The monoisotopic (exact) mass is 581 g/mol. The molecule has 0 radical (unpaired) electrons. The van der Waals surface area contributed by atoms with E-state index in [0.29, 0.717) is 44.9 Å². The highest BCUT2D eigenvalue weighted by Gasteiger charge is 2.54. The summed E-state index contributed by atoms with van der Waals surface area (Å²) in [7, 11) is 3.81. The molecule has 43 heavy (non-hydrogen) atoms. The van der Waals surface area contributed by atoms with Crippen LogP contribution < -0.4 is 14.4 Å². The van der Waals surface area contributed by atoms with E-state index in [9.17, 15) is 19.2 Å². The number of nitrogens with zero attached hydrogens (tertiary/aromatic N) is 1. The lowest BCUT2D eigenvalue weighted by Gasteiger charge is -2.37. The Morgan fingerprint density at radius 2 is 1.58 bits per heavy atom. The number of benzene rings is 4. The summed E-state index contributed by atoms with van der Waals surface area (Å²) < 4.78 is 28.3. The van der Waals surface area contributed by atoms with Crippen LogP contribution in [-0.2, 0) is 29.4 Å². The van der Waals surface area contributed by atoms with Crippen LogP contribution in [0.3, 0.4) is 0 Å². The van der Waals surface area contributed by atoms with Crippen molar-refractivity contribution in [3.63, 3.8) is 0 Å². The van der Waals surface area contributed by atoms with Gasteiger partial charge >= 0.3 is 23.9 Å². The number of anilines is 1. The molecule has 0 amide bonds. The maximum Gasteiger partial charge on any atom is 0.340 e. The molecule has 0 fully saturated rings. The summed E-state index contributed by atoms with van der Waals surface area (Å²) in [5.41, 5.74) is 1.56. The molecule has 0 saturated carbocycles. The molecule has 218 valence electrons. The van der Waals surface area contributed by atoms with Crippen LogP contribution >= 0.6 is 0 Å². The predicted molar refractivity (Wildman–Crippen MR) is 155 cm³/mol. The third-order valence-electron chi connectivity index (χ3n) is 7.38. The van der Waals surface area contributed by atoms with E-state index in [4.69, 9.17) is 23.7 Å². The highest BCUT2D eigenvalue weighted by molar-refractivity contribution is 6.01. The summed E-state index contributed by atoms with van der Waals surface area (Å²) in [6.45, 7) is 2.41. The van der Waals surface area contributed by atoms with Gasteiger partial charge in [-0.3, -0.25) is 9.59 Å². The van der Waals surface area contributed by atoms with Crippen molar-refractivity contribution in [1.29, 1.82) is 0 Å². The van der Waals surface area contributed by atoms with Crippen molar-refractivity contribution in [2.24, 2.45) is 0 Å². The van der Waals surface area contributed by atoms with E-state index in [0.717, 1.165) is 11.1 Å². The number of carbonyl (C=O) groups is 4. The standard InChI is InChI=1S/C33H27NO9/c1-18(35)39-13-14-40-31(37)21-5-9-25-28(16-21)33(43-32(25)38)26-12-7-22(34(3)4)17-29(26)42-30-24-10-8-23(41-19(2)36)15-20(24)6-11-27(30)33/h5-12,15-17H,13-14H2,1-4H3. The first kappa shape index (κ1) is 27.8. The molecule has 1 unspecified atom stereocenters. The summed E-state index contributed by atoms with van der Waals surface area (Å²) in [4.78, 5) is 50.9. The van der Waals surface area contributed by atoms with Crippen LogP contribution in [0.25, 0.3) is 10.8 Å². The van der Waals surface area contributed by atoms with Crippen LogP contribution in [0.5, 0.6) is 17.2 Å². The summed E-state index contributed by atoms with van der Waals surface area (Å²) in [5.74, 6) is -0.781. The highest BCUT2D eigenvalue weighted by atomic mass is 16.6. The molecule has 0 saturated heterocycles. The minimum absolute atomic E-state index is 0.0733. The number of ether oxygens (including phenoxy) is 5. The van der Waals surface area contributed by atoms with Crippen LogP contribution in [0, 0.1) is 0 Å². The lowest BCUT2D eigenvalue weighted by Crippen LogP contribution is -2.33. The second-order valence-electron chi connectivity index (χ2n) is 10.4. The molecular weight excluding hydrogens is 554 g/mol. The number of rotatable bonds is 6. The molecule has 0 aliphatic carbocycles.